The van der Waals surface area contributed by atoms with Crippen LogP contribution in [-0.4, -0.2) is 21.4 Å². The SMILES string of the molecule is Cc1ccc(S(=O)(=O)N(C)c2ccc(C(=O)Nc3ccc(Br)cc3C)cc2)cc1. The minimum atomic E-state index is -3.67. The van der Waals surface area contributed by atoms with Gasteiger partial charge in [0, 0.05) is 22.8 Å². The van der Waals surface area contributed by atoms with Crippen molar-refractivity contribution in [3.63, 3.8) is 0 Å². The summed E-state index contributed by atoms with van der Waals surface area (Å²) in [6.45, 7) is 3.81. The topological polar surface area (TPSA) is 66.5 Å². The number of halogens is 1. The number of sulfonamides is 1. The van der Waals surface area contributed by atoms with Gasteiger partial charge in [0.15, 0.2) is 0 Å². The summed E-state index contributed by atoms with van der Waals surface area (Å²) in [6.07, 6.45) is 0. The number of nitrogens with zero attached hydrogens (tertiary/aromatic N) is 1. The molecule has 0 bridgehead atoms. The van der Waals surface area contributed by atoms with Crippen LogP contribution in [0.2, 0.25) is 0 Å². The molecule has 0 radical (unpaired) electrons. The molecule has 1 amide bonds. The molecule has 0 atom stereocenters. The van der Waals surface area contributed by atoms with E-state index in [2.05, 4.69) is 21.2 Å². The lowest BCUT2D eigenvalue weighted by Gasteiger charge is -2.20. The highest BCUT2D eigenvalue weighted by molar-refractivity contribution is 9.10. The second-order valence-electron chi connectivity index (χ2n) is 6.75. The van der Waals surface area contributed by atoms with Crippen molar-refractivity contribution in [1.29, 1.82) is 0 Å². The first kappa shape index (κ1) is 21.1. The minimum Gasteiger partial charge on any atom is -0.322 e. The van der Waals surface area contributed by atoms with Gasteiger partial charge < -0.3 is 5.32 Å². The van der Waals surface area contributed by atoms with Crippen molar-refractivity contribution in [1.82, 2.24) is 0 Å². The van der Waals surface area contributed by atoms with E-state index in [9.17, 15) is 13.2 Å². The van der Waals surface area contributed by atoms with Crippen molar-refractivity contribution >= 4 is 43.2 Å². The van der Waals surface area contributed by atoms with Crippen molar-refractivity contribution in [3.05, 3.63) is 87.9 Å². The lowest BCUT2D eigenvalue weighted by Crippen LogP contribution is -2.26. The van der Waals surface area contributed by atoms with Crippen molar-refractivity contribution in [2.24, 2.45) is 0 Å². The number of carbonyl (C=O) groups excluding carboxylic acids is 1. The number of rotatable bonds is 5. The highest BCUT2D eigenvalue weighted by Gasteiger charge is 2.21. The molecule has 3 aromatic rings. The fourth-order valence-corrected chi connectivity index (χ4v) is 4.46. The maximum Gasteiger partial charge on any atom is 0.264 e. The summed E-state index contributed by atoms with van der Waals surface area (Å²) in [5, 5.41) is 2.87. The molecule has 0 saturated heterocycles. The van der Waals surface area contributed by atoms with Crippen LogP contribution in [0.5, 0.6) is 0 Å². The van der Waals surface area contributed by atoms with E-state index in [1.54, 1.807) is 48.5 Å². The molecule has 0 fully saturated rings. The molecule has 0 aromatic heterocycles. The maximum atomic E-state index is 12.8. The molecule has 3 rings (SSSR count). The smallest absolute Gasteiger partial charge is 0.264 e. The fraction of sp³-hybridized carbons (Fsp3) is 0.136. The van der Waals surface area contributed by atoms with E-state index < -0.39 is 10.0 Å². The number of amides is 1. The predicted molar refractivity (Wildman–Crippen MR) is 120 cm³/mol. The molecule has 0 aliphatic rings. The number of hydrogen-bond acceptors (Lipinski definition) is 3. The highest BCUT2D eigenvalue weighted by Crippen LogP contribution is 2.24. The van der Waals surface area contributed by atoms with Gasteiger partial charge in [0.1, 0.15) is 0 Å². The van der Waals surface area contributed by atoms with Crippen molar-refractivity contribution < 1.29 is 13.2 Å². The van der Waals surface area contributed by atoms with Crippen LogP contribution in [0.25, 0.3) is 0 Å². The van der Waals surface area contributed by atoms with E-state index in [1.807, 2.05) is 32.0 Å². The second-order valence-corrected chi connectivity index (χ2v) is 9.63. The molecular weight excluding hydrogens is 452 g/mol. The molecule has 0 unspecified atom stereocenters. The Morgan fingerprint density at radius 3 is 2.14 bits per heavy atom. The van der Waals surface area contributed by atoms with Crippen LogP contribution in [0, 0.1) is 13.8 Å². The summed E-state index contributed by atoms with van der Waals surface area (Å²) in [5.41, 5.74) is 3.57. The Balaban J connectivity index is 1.78. The zero-order chi connectivity index (χ0) is 21.2. The van der Waals surface area contributed by atoms with E-state index in [0.717, 1.165) is 21.3 Å². The third-order valence-corrected chi connectivity index (χ3v) is 6.90. The summed E-state index contributed by atoms with van der Waals surface area (Å²) >= 11 is 3.40. The van der Waals surface area contributed by atoms with E-state index in [-0.39, 0.29) is 10.8 Å². The Kier molecular flexibility index (Phi) is 6.10. The number of aryl methyl sites for hydroxylation is 2. The molecule has 0 aliphatic heterocycles. The van der Waals surface area contributed by atoms with Gasteiger partial charge in [-0.05, 0) is 74.0 Å². The van der Waals surface area contributed by atoms with E-state index in [0.29, 0.717) is 11.3 Å². The lowest BCUT2D eigenvalue weighted by molar-refractivity contribution is 0.102. The zero-order valence-electron chi connectivity index (χ0n) is 16.3. The Morgan fingerprint density at radius 1 is 0.931 bits per heavy atom. The van der Waals surface area contributed by atoms with Gasteiger partial charge >= 0.3 is 0 Å². The third-order valence-electron chi connectivity index (χ3n) is 4.61. The van der Waals surface area contributed by atoms with Gasteiger partial charge in [-0.2, -0.15) is 0 Å². The Bertz CT molecular complexity index is 1140. The van der Waals surface area contributed by atoms with Gasteiger partial charge in [-0.15, -0.1) is 0 Å². The largest absolute Gasteiger partial charge is 0.322 e. The zero-order valence-corrected chi connectivity index (χ0v) is 18.7. The standard InChI is InChI=1S/C22H21BrN2O3S/c1-15-4-11-20(12-5-15)29(27,28)25(3)19-9-6-17(7-10-19)22(26)24-21-13-8-18(23)14-16(21)2/h4-14H,1-3H3,(H,24,26). The maximum absolute atomic E-state index is 12.8. The number of carbonyl (C=O) groups is 1. The summed E-state index contributed by atoms with van der Waals surface area (Å²) in [6, 6.07) is 18.8. The molecule has 150 valence electrons. The first-order valence-electron chi connectivity index (χ1n) is 8.91. The number of benzene rings is 3. The summed E-state index contributed by atoms with van der Waals surface area (Å²) in [7, 11) is -2.18. The first-order chi connectivity index (χ1) is 13.7. The van der Waals surface area contributed by atoms with Crippen molar-refractivity contribution in [2.45, 2.75) is 18.7 Å². The third kappa shape index (κ3) is 4.68. The van der Waals surface area contributed by atoms with Gasteiger partial charge in [-0.25, -0.2) is 8.42 Å². The number of hydrogen-bond donors (Lipinski definition) is 1. The Morgan fingerprint density at radius 2 is 1.55 bits per heavy atom. The van der Waals surface area contributed by atoms with E-state index >= 15 is 0 Å². The van der Waals surface area contributed by atoms with E-state index in [1.165, 1.54) is 11.4 Å². The highest BCUT2D eigenvalue weighted by atomic mass is 79.9. The normalized spacial score (nSPS) is 11.2. The molecule has 0 heterocycles. The monoisotopic (exact) mass is 472 g/mol. The molecule has 0 spiro atoms. The van der Waals surface area contributed by atoms with Crippen LogP contribution in [0.3, 0.4) is 0 Å². The van der Waals surface area contributed by atoms with Crippen LogP contribution in [0.15, 0.2) is 76.1 Å². The van der Waals surface area contributed by atoms with Crippen LogP contribution >= 0.6 is 15.9 Å². The Hall–Kier alpha value is -2.64. The van der Waals surface area contributed by atoms with Crippen LogP contribution in [0.4, 0.5) is 11.4 Å². The molecule has 0 aliphatic carbocycles. The number of anilines is 2. The van der Waals surface area contributed by atoms with Gasteiger partial charge in [-0.3, -0.25) is 9.10 Å². The number of nitrogens with one attached hydrogen (secondary N) is 1. The van der Waals surface area contributed by atoms with Gasteiger partial charge in [0.25, 0.3) is 15.9 Å². The Labute approximate surface area is 179 Å². The first-order valence-corrected chi connectivity index (χ1v) is 11.1. The van der Waals surface area contributed by atoms with Crippen molar-refractivity contribution in [3.8, 4) is 0 Å². The van der Waals surface area contributed by atoms with Gasteiger partial charge in [-0.1, -0.05) is 33.6 Å². The summed E-state index contributed by atoms with van der Waals surface area (Å²) < 4.78 is 27.8. The molecule has 3 aromatic carbocycles. The summed E-state index contributed by atoms with van der Waals surface area (Å²) in [5.74, 6) is -0.258. The molecular formula is C22H21BrN2O3S. The molecule has 29 heavy (non-hydrogen) atoms. The van der Waals surface area contributed by atoms with Crippen LogP contribution in [0.1, 0.15) is 21.5 Å². The average Bonchev–Trinajstić information content (AvgIpc) is 2.70. The molecule has 5 nitrogen and oxygen atoms in total. The fourth-order valence-electron chi connectivity index (χ4n) is 2.79. The molecule has 7 heteroatoms. The summed E-state index contributed by atoms with van der Waals surface area (Å²) in [4.78, 5) is 12.7. The van der Waals surface area contributed by atoms with Crippen LogP contribution in [-0.2, 0) is 10.0 Å². The molecule has 0 saturated carbocycles. The van der Waals surface area contributed by atoms with Gasteiger partial charge in [0.05, 0.1) is 10.6 Å². The lowest BCUT2D eigenvalue weighted by atomic mass is 10.1. The van der Waals surface area contributed by atoms with Gasteiger partial charge in [0.2, 0.25) is 0 Å². The van der Waals surface area contributed by atoms with Crippen LogP contribution < -0.4 is 9.62 Å². The predicted octanol–water partition coefficient (Wildman–Crippen LogP) is 5.14. The van der Waals surface area contributed by atoms with E-state index in [4.69, 9.17) is 0 Å². The van der Waals surface area contributed by atoms with Crippen molar-refractivity contribution in [2.75, 3.05) is 16.7 Å². The molecule has 1 N–H and O–H groups in total. The second kappa shape index (κ2) is 8.39. The quantitative estimate of drug-likeness (QED) is 0.558. The average molecular weight is 473 g/mol. The minimum absolute atomic E-state index is 0.220.